The van der Waals surface area contributed by atoms with Crippen LogP contribution in [0.3, 0.4) is 0 Å². The zero-order valence-electron chi connectivity index (χ0n) is 9.73. The van der Waals surface area contributed by atoms with Crippen LogP contribution in [0.1, 0.15) is 15.9 Å². The van der Waals surface area contributed by atoms with Gasteiger partial charge >= 0.3 is 0 Å². The molecule has 0 aliphatic heterocycles. The number of hydrogen-bond donors (Lipinski definition) is 0. The minimum absolute atomic E-state index is 0.0113. The van der Waals surface area contributed by atoms with Crippen LogP contribution in [-0.4, -0.2) is 5.97 Å². The third-order valence-electron chi connectivity index (χ3n) is 2.45. The molecule has 0 bridgehead atoms. The summed E-state index contributed by atoms with van der Waals surface area (Å²) in [6, 6.07) is 12.7. The van der Waals surface area contributed by atoms with E-state index in [-0.39, 0.29) is 11.3 Å². The molecule has 2 aromatic rings. The molecule has 98 valence electrons. The van der Waals surface area contributed by atoms with Crippen molar-refractivity contribution in [2.75, 3.05) is 0 Å². The molecule has 0 amide bonds. The van der Waals surface area contributed by atoms with Crippen molar-refractivity contribution in [3.8, 4) is 5.75 Å². The molecular formula is C14H9Br2O3-. The number of carboxylic acids is 1. The molecule has 2 rings (SSSR count). The molecule has 0 unspecified atom stereocenters. The lowest BCUT2D eigenvalue weighted by Gasteiger charge is -2.14. The topological polar surface area (TPSA) is 49.4 Å². The summed E-state index contributed by atoms with van der Waals surface area (Å²) in [5.74, 6) is -1.00. The highest BCUT2D eigenvalue weighted by Gasteiger charge is 2.11. The van der Waals surface area contributed by atoms with E-state index in [1.165, 1.54) is 6.07 Å². The van der Waals surface area contributed by atoms with Crippen molar-refractivity contribution in [3.05, 3.63) is 62.5 Å². The normalized spacial score (nSPS) is 10.2. The zero-order chi connectivity index (χ0) is 13.8. The first-order valence-electron chi connectivity index (χ1n) is 5.45. The maximum absolute atomic E-state index is 11.1. The summed E-state index contributed by atoms with van der Waals surface area (Å²) in [5, 5.41) is 11.1. The molecule has 0 aromatic heterocycles. The standard InChI is InChI=1S/C14H10Br2O3/c15-10-6-11(14(17)18)13(12(16)7-10)19-8-9-4-2-1-3-5-9/h1-7H,8H2,(H,17,18)/p-1. The van der Waals surface area contributed by atoms with Crippen molar-refractivity contribution in [1.29, 1.82) is 0 Å². The van der Waals surface area contributed by atoms with Crippen LogP contribution in [0.5, 0.6) is 5.75 Å². The van der Waals surface area contributed by atoms with Gasteiger partial charge < -0.3 is 14.6 Å². The number of halogens is 2. The van der Waals surface area contributed by atoms with Crippen LogP contribution in [-0.2, 0) is 6.61 Å². The average molecular weight is 385 g/mol. The lowest BCUT2D eigenvalue weighted by molar-refractivity contribution is -0.255. The second kappa shape index (κ2) is 6.21. The van der Waals surface area contributed by atoms with Crippen molar-refractivity contribution >= 4 is 37.8 Å². The lowest BCUT2D eigenvalue weighted by atomic mass is 10.2. The van der Waals surface area contributed by atoms with Crippen molar-refractivity contribution < 1.29 is 14.6 Å². The summed E-state index contributed by atoms with van der Waals surface area (Å²) in [4.78, 5) is 11.1. The monoisotopic (exact) mass is 383 g/mol. The van der Waals surface area contributed by atoms with E-state index in [1.807, 2.05) is 30.3 Å². The predicted octanol–water partition coefficient (Wildman–Crippen LogP) is 3.15. The first-order valence-corrected chi connectivity index (χ1v) is 7.03. The van der Waals surface area contributed by atoms with Gasteiger partial charge in [-0.15, -0.1) is 0 Å². The van der Waals surface area contributed by atoms with Crippen molar-refractivity contribution in [2.24, 2.45) is 0 Å². The van der Waals surface area contributed by atoms with Crippen molar-refractivity contribution in [3.63, 3.8) is 0 Å². The van der Waals surface area contributed by atoms with E-state index in [1.54, 1.807) is 6.07 Å². The van der Waals surface area contributed by atoms with E-state index in [0.29, 0.717) is 15.6 Å². The minimum Gasteiger partial charge on any atom is -0.545 e. The second-order valence-electron chi connectivity index (χ2n) is 3.83. The predicted molar refractivity (Wildman–Crippen MR) is 76.9 cm³/mol. The van der Waals surface area contributed by atoms with Crippen molar-refractivity contribution in [2.45, 2.75) is 6.61 Å². The number of ether oxygens (including phenoxy) is 1. The largest absolute Gasteiger partial charge is 0.545 e. The van der Waals surface area contributed by atoms with Crippen LogP contribution in [0.4, 0.5) is 0 Å². The summed E-state index contributed by atoms with van der Waals surface area (Å²) in [5.41, 5.74) is 0.971. The van der Waals surface area contributed by atoms with E-state index < -0.39 is 5.97 Å². The summed E-state index contributed by atoms with van der Waals surface area (Å²) >= 11 is 6.53. The van der Waals surface area contributed by atoms with Crippen LogP contribution in [0.15, 0.2) is 51.4 Å². The molecule has 0 fully saturated rings. The van der Waals surface area contributed by atoms with E-state index in [9.17, 15) is 9.90 Å². The number of carbonyl (C=O) groups excluding carboxylic acids is 1. The third-order valence-corrected chi connectivity index (χ3v) is 3.50. The Labute approximate surface area is 127 Å². The summed E-state index contributed by atoms with van der Waals surface area (Å²) in [7, 11) is 0. The smallest absolute Gasteiger partial charge is 0.143 e. The number of rotatable bonds is 4. The molecule has 19 heavy (non-hydrogen) atoms. The summed E-state index contributed by atoms with van der Waals surface area (Å²) in [6.07, 6.45) is 0. The molecule has 2 aromatic carbocycles. The van der Waals surface area contributed by atoms with Gasteiger partial charge in [-0.25, -0.2) is 0 Å². The number of carbonyl (C=O) groups is 1. The maximum atomic E-state index is 11.1. The second-order valence-corrected chi connectivity index (χ2v) is 5.60. The molecule has 0 atom stereocenters. The van der Waals surface area contributed by atoms with Crippen LogP contribution < -0.4 is 9.84 Å². The van der Waals surface area contributed by atoms with Gasteiger partial charge in [-0.2, -0.15) is 0 Å². The maximum Gasteiger partial charge on any atom is 0.143 e. The molecule has 0 radical (unpaired) electrons. The Morgan fingerprint density at radius 2 is 1.84 bits per heavy atom. The Morgan fingerprint density at radius 3 is 2.47 bits per heavy atom. The minimum atomic E-state index is -1.27. The molecule has 0 aliphatic carbocycles. The van der Waals surface area contributed by atoms with Crippen LogP contribution in [0, 0.1) is 0 Å². The van der Waals surface area contributed by atoms with Gasteiger partial charge in [0.2, 0.25) is 0 Å². The lowest BCUT2D eigenvalue weighted by Crippen LogP contribution is -2.23. The van der Waals surface area contributed by atoms with Gasteiger partial charge in [0.1, 0.15) is 12.4 Å². The van der Waals surface area contributed by atoms with Crippen LogP contribution in [0.2, 0.25) is 0 Å². The van der Waals surface area contributed by atoms with Crippen LogP contribution >= 0.6 is 31.9 Å². The molecule has 0 saturated heterocycles. The zero-order valence-corrected chi connectivity index (χ0v) is 12.9. The van der Waals surface area contributed by atoms with Gasteiger partial charge in [-0.05, 0) is 33.6 Å². The fourth-order valence-electron chi connectivity index (χ4n) is 1.59. The van der Waals surface area contributed by atoms with E-state index in [4.69, 9.17) is 4.74 Å². The molecule has 5 heteroatoms. The van der Waals surface area contributed by atoms with Crippen molar-refractivity contribution in [1.82, 2.24) is 0 Å². The van der Waals surface area contributed by atoms with Crippen LogP contribution in [0.25, 0.3) is 0 Å². The molecule has 0 N–H and O–H groups in total. The fourth-order valence-corrected chi connectivity index (χ4v) is 2.93. The Hall–Kier alpha value is -1.33. The van der Waals surface area contributed by atoms with Gasteiger partial charge in [0, 0.05) is 10.0 Å². The number of aromatic carboxylic acids is 1. The Balaban J connectivity index is 2.27. The molecule has 0 spiro atoms. The number of hydrogen-bond acceptors (Lipinski definition) is 3. The first-order chi connectivity index (χ1) is 9.08. The summed E-state index contributed by atoms with van der Waals surface area (Å²) < 4.78 is 6.79. The van der Waals surface area contributed by atoms with Gasteiger partial charge in [-0.3, -0.25) is 0 Å². The third kappa shape index (κ3) is 3.58. The average Bonchev–Trinajstić information content (AvgIpc) is 2.38. The highest BCUT2D eigenvalue weighted by Crippen LogP contribution is 2.33. The SMILES string of the molecule is O=C([O-])c1cc(Br)cc(Br)c1OCc1ccccc1. The van der Waals surface area contributed by atoms with Gasteiger partial charge in [0.15, 0.2) is 0 Å². The van der Waals surface area contributed by atoms with E-state index in [0.717, 1.165) is 5.56 Å². The summed E-state index contributed by atoms with van der Waals surface area (Å²) in [6.45, 7) is 0.293. The number of carboxylic acid groups (broad SMARTS) is 1. The quantitative estimate of drug-likeness (QED) is 0.813. The molecule has 0 saturated carbocycles. The highest BCUT2D eigenvalue weighted by molar-refractivity contribution is 9.11. The Morgan fingerprint density at radius 1 is 1.16 bits per heavy atom. The Kier molecular flexibility index (Phi) is 4.61. The highest BCUT2D eigenvalue weighted by atomic mass is 79.9. The molecule has 0 heterocycles. The fraction of sp³-hybridized carbons (Fsp3) is 0.0714. The van der Waals surface area contributed by atoms with Gasteiger partial charge in [-0.1, -0.05) is 46.3 Å². The molecule has 3 nitrogen and oxygen atoms in total. The first kappa shape index (κ1) is 14.1. The molecule has 0 aliphatic rings. The Bertz CT molecular complexity index is 597. The van der Waals surface area contributed by atoms with E-state index in [2.05, 4.69) is 31.9 Å². The van der Waals surface area contributed by atoms with Gasteiger partial charge in [0.05, 0.1) is 10.4 Å². The molecular weight excluding hydrogens is 376 g/mol. The number of benzene rings is 2. The van der Waals surface area contributed by atoms with E-state index >= 15 is 0 Å². The van der Waals surface area contributed by atoms with Gasteiger partial charge in [0.25, 0.3) is 0 Å².